The van der Waals surface area contributed by atoms with E-state index >= 15 is 0 Å². The van der Waals surface area contributed by atoms with Crippen molar-refractivity contribution in [2.45, 2.75) is 38.0 Å². The molecule has 2 aliphatic heterocycles. The summed E-state index contributed by atoms with van der Waals surface area (Å²) >= 11 is 5.93. The second kappa shape index (κ2) is 9.11. The molecule has 2 aromatic rings. The molecule has 1 fully saturated rings. The van der Waals surface area contributed by atoms with Gasteiger partial charge in [-0.25, -0.2) is 9.78 Å². The van der Waals surface area contributed by atoms with E-state index in [1.807, 2.05) is 11.1 Å². The van der Waals surface area contributed by atoms with Crippen LogP contribution in [-0.2, 0) is 16.9 Å². The number of hydrogen-bond donors (Lipinski definition) is 1. The van der Waals surface area contributed by atoms with E-state index in [1.54, 1.807) is 24.3 Å². The fraction of sp³-hybridized carbons (Fsp3) is 0.476. The lowest BCUT2D eigenvalue weighted by Gasteiger charge is -2.49. The molecule has 0 unspecified atom stereocenters. The first-order chi connectivity index (χ1) is 15.0. The molecule has 0 radical (unpaired) electrons. The van der Waals surface area contributed by atoms with Gasteiger partial charge in [-0.2, -0.15) is 13.2 Å². The summed E-state index contributed by atoms with van der Waals surface area (Å²) in [6, 6.07) is 7.15. The van der Waals surface area contributed by atoms with Gasteiger partial charge >= 0.3 is 12.1 Å². The molecule has 1 aromatic carbocycles. The van der Waals surface area contributed by atoms with Crippen molar-refractivity contribution >= 4 is 23.5 Å². The van der Waals surface area contributed by atoms with E-state index in [9.17, 15) is 18.0 Å². The Morgan fingerprint density at radius 1 is 1.09 bits per heavy atom. The van der Waals surface area contributed by atoms with Gasteiger partial charge in [0.25, 0.3) is 5.91 Å². The molecule has 1 N–H and O–H groups in total. The Morgan fingerprint density at radius 3 is 2.19 bits per heavy atom. The van der Waals surface area contributed by atoms with Crippen LogP contribution in [0.25, 0.3) is 0 Å². The molecule has 1 aromatic heterocycles. The van der Waals surface area contributed by atoms with Gasteiger partial charge in [-0.05, 0) is 51.1 Å². The van der Waals surface area contributed by atoms with Crippen molar-refractivity contribution in [1.29, 1.82) is 0 Å². The second-order valence-electron chi connectivity index (χ2n) is 7.93. The van der Waals surface area contributed by atoms with Gasteiger partial charge in [-0.15, -0.1) is 0 Å². The Morgan fingerprint density at radius 2 is 1.66 bits per heavy atom. The number of aliphatic carboxylic acids is 1. The number of halogens is 4. The summed E-state index contributed by atoms with van der Waals surface area (Å²) in [7, 11) is 2.18. The van der Waals surface area contributed by atoms with Gasteiger partial charge in [0.1, 0.15) is 5.82 Å². The first kappa shape index (κ1) is 24.1. The van der Waals surface area contributed by atoms with Crippen LogP contribution >= 0.6 is 11.6 Å². The zero-order chi connectivity index (χ0) is 23.7. The van der Waals surface area contributed by atoms with Crippen molar-refractivity contribution in [1.82, 2.24) is 19.4 Å². The maximum absolute atomic E-state index is 12.8. The number of benzene rings is 1. The minimum Gasteiger partial charge on any atom is -0.475 e. The summed E-state index contributed by atoms with van der Waals surface area (Å²) in [5.41, 5.74) is 1.88. The summed E-state index contributed by atoms with van der Waals surface area (Å²) in [6.45, 7) is 5.63. The maximum atomic E-state index is 12.8. The number of carbonyl (C=O) groups excluding carboxylic acids is 1. The van der Waals surface area contributed by atoms with Crippen molar-refractivity contribution in [2.24, 2.45) is 0 Å². The van der Waals surface area contributed by atoms with Gasteiger partial charge in [0.15, 0.2) is 0 Å². The highest BCUT2D eigenvalue weighted by atomic mass is 35.5. The number of alkyl halides is 3. The molecular weight excluding hydrogens is 449 g/mol. The summed E-state index contributed by atoms with van der Waals surface area (Å²) in [5, 5.41) is 7.78. The number of carbonyl (C=O) groups is 2. The molecule has 174 valence electrons. The topological polar surface area (TPSA) is 78.7 Å². The number of nitrogens with zero attached hydrogens (tertiary/aromatic N) is 4. The fourth-order valence-corrected chi connectivity index (χ4v) is 4.34. The van der Waals surface area contributed by atoms with Crippen LogP contribution in [0.5, 0.6) is 0 Å². The molecule has 0 bridgehead atoms. The van der Waals surface area contributed by atoms with E-state index in [0.717, 1.165) is 44.8 Å². The number of amides is 1. The molecule has 1 amide bonds. The van der Waals surface area contributed by atoms with E-state index < -0.39 is 12.1 Å². The average molecular weight is 473 g/mol. The third-order valence-corrected chi connectivity index (χ3v) is 6.32. The highest BCUT2D eigenvalue weighted by Gasteiger charge is 2.46. The number of aromatic nitrogens is 2. The normalized spacial score (nSPS) is 18.0. The summed E-state index contributed by atoms with van der Waals surface area (Å²) in [4.78, 5) is 30.8. The number of likely N-dealkylation sites (N-methyl/N-ethyl adjacent to an activating group) is 1. The Labute approximate surface area is 188 Å². The molecular formula is C21H24ClF3N4O3. The Bertz CT molecular complexity index is 983. The second-order valence-corrected chi connectivity index (χ2v) is 8.37. The number of rotatable bonds is 1. The minimum absolute atomic E-state index is 0.0523. The van der Waals surface area contributed by atoms with Crippen LogP contribution in [0.3, 0.4) is 0 Å². The number of piperidine rings is 1. The molecule has 1 saturated heterocycles. The van der Waals surface area contributed by atoms with Crippen LogP contribution in [0.1, 0.15) is 34.7 Å². The highest BCUT2D eigenvalue weighted by molar-refractivity contribution is 6.30. The van der Waals surface area contributed by atoms with Crippen LogP contribution in [0.2, 0.25) is 5.02 Å². The Kier molecular flexibility index (Phi) is 6.85. The molecule has 7 nitrogen and oxygen atoms in total. The lowest BCUT2D eigenvalue weighted by molar-refractivity contribution is -0.192. The third kappa shape index (κ3) is 4.75. The summed E-state index contributed by atoms with van der Waals surface area (Å²) in [5.74, 6) is -1.51. The Balaban J connectivity index is 0.000000360. The molecule has 11 heteroatoms. The van der Waals surface area contributed by atoms with Crippen LogP contribution in [0.4, 0.5) is 13.2 Å². The number of imidazole rings is 1. The first-order valence-electron chi connectivity index (χ1n) is 10.0. The van der Waals surface area contributed by atoms with Gasteiger partial charge in [-0.3, -0.25) is 9.69 Å². The molecule has 1 spiro atoms. The number of carboxylic acid groups (broad SMARTS) is 1. The lowest BCUT2D eigenvalue weighted by atomic mass is 9.83. The number of likely N-dealkylation sites (tertiary alicyclic amines) is 1. The zero-order valence-electron chi connectivity index (χ0n) is 17.7. The number of hydrogen-bond acceptors (Lipinski definition) is 4. The van der Waals surface area contributed by atoms with Crippen LogP contribution < -0.4 is 0 Å². The molecule has 0 atom stereocenters. The first-order valence-corrected chi connectivity index (χ1v) is 10.4. The van der Waals surface area contributed by atoms with E-state index in [4.69, 9.17) is 26.5 Å². The SMILES string of the molecule is Cc1cnc2n1CCN(C)C21CCN(C(=O)c2ccc(Cl)cc2)CC1.O=C(O)C(F)(F)F. The van der Waals surface area contributed by atoms with Gasteiger partial charge in [0.2, 0.25) is 0 Å². The fourth-order valence-electron chi connectivity index (χ4n) is 4.21. The van der Waals surface area contributed by atoms with Gasteiger partial charge in [-0.1, -0.05) is 11.6 Å². The lowest BCUT2D eigenvalue weighted by Crippen LogP contribution is -2.57. The predicted octanol–water partition coefficient (Wildman–Crippen LogP) is 3.56. The third-order valence-electron chi connectivity index (χ3n) is 6.07. The molecule has 4 rings (SSSR count). The largest absolute Gasteiger partial charge is 0.490 e. The smallest absolute Gasteiger partial charge is 0.475 e. The van der Waals surface area contributed by atoms with Crippen molar-refractivity contribution in [3.05, 3.63) is 52.6 Å². The summed E-state index contributed by atoms with van der Waals surface area (Å²) < 4.78 is 34.1. The van der Waals surface area contributed by atoms with Crippen LogP contribution in [-0.4, -0.2) is 69.2 Å². The van der Waals surface area contributed by atoms with E-state index in [0.29, 0.717) is 10.6 Å². The van der Waals surface area contributed by atoms with Crippen molar-refractivity contribution < 1.29 is 27.9 Å². The van der Waals surface area contributed by atoms with E-state index in [2.05, 4.69) is 23.4 Å². The predicted molar refractivity (Wildman–Crippen MR) is 112 cm³/mol. The van der Waals surface area contributed by atoms with Crippen LogP contribution in [0.15, 0.2) is 30.5 Å². The van der Waals surface area contributed by atoms with Gasteiger partial charge < -0.3 is 14.6 Å². The molecule has 0 saturated carbocycles. The number of carboxylic acids is 1. The average Bonchev–Trinajstić information content (AvgIpc) is 3.13. The molecule has 3 heterocycles. The number of aryl methyl sites for hydroxylation is 1. The van der Waals surface area contributed by atoms with Gasteiger partial charge in [0.05, 0.1) is 5.54 Å². The molecule has 32 heavy (non-hydrogen) atoms. The van der Waals surface area contributed by atoms with Gasteiger partial charge in [0, 0.05) is 48.7 Å². The van der Waals surface area contributed by atoms with E-state index in [-0.39, 0.29) is 11.4 Å². The quantitative estimate of drug-likeness (QED) is 0.686. The van der Waals surface area contributed by atoms with E-state index in [1.165, 1.54) is 5.69 Å². The van der Waals surface area contributed by atoms with Crippen molar-refractivity contribution in [3.8, 4) is 0 Å². The minimum atomic E-state index is -5.08. The van der Waals surface area contributed by atoms with Crippen molar-refractivity contribution in [2.75, 3.05) is 26.7 Å². The van der Waals surface area contributed by atoms with Crippen LogP contribution in [0, 0.1) is 6.92 Å². The monoisotopic (exact) mass is 472 g/mol. The standard InChI is InChI=1S/C19H23ClN4O.C2HF3O2/c1-14-13-21-18-19(22(2)11-12-24(14)18)7-9-23(10-8-19)17(25)15-3-5-16(20)6-4-15;3-2(4,5)1(6)7/h3-6,13H,7-12H2,1-2H3;(H,6,7). The number of fused-ring (bicyclic) bond motifs is 2. The maximum Gasteiger partial charge on any atom is 0.490 e. The Hall–Kier alpha value is -2.59. The summed E-state index contributed by atoms with van der Waals surface area (Å²) in [6.07, 6.45) is -1.28. The van der Waals surface area contributed by atoms with Crippen molar-refractivity contribution in [3.63, 3.8) is 0 Å². The zero-order valence-corrected chi connectivity index (χ0v) is 18.4. The highest BCUT2D eigenvalue weighted by Crippen LogP contribution is 2.40. The molecule has 0 aliphatic carbocycles. The molecule has 2 aliphatic rings.